The van der Waals surface area contributed by atoms with E-state index >= 15 is 0 Å². The first kappa shape index (κ1) is 10.5. The summed E-state index contributed by atoms with van der Waals surface area (Å²) in [4.78, 5) is 4.22. The normalized spacial score (nSPS) is 17.1. The summed E-state index contributed by atoms with van der Waals surface area (Å²) < 4.78 is 2.06. The molecular formula is C14H16N2O. The zero-order valence-corrected chi connectivity index (χ0v) is 9.93. The van der Waals surface area contributed by atoms with Gasteiger partial charge in [0.2, 0.25) is 0 Å². The van der Waals surface area contributed by atoms with Gasteiger partial charge in [-0.1, -0.05) is 12.1 Å². The molecule has 0 saturated heterocycles. The molecule has 3 rings (SSSR count). The lowest BCUT2D eigenvalue weighted by atomic mass is 10.1. The van der Waals surface area contributed by atoms with E-state index in [1.165, 1.54) is 5.56 Å². The number of aromatic nitrogens is 2. The highest BCUT2D eigenvalue weighted by molar-refractivity contribution is 5.37. The molecule has 1 aliphatic carbocycles. The van der Waals surface area contributed by atoms with E-state index in [0.717, 1.165) is 30.8 Å². The molecule has 17 heavy (non-hydrogen) atoms. The number of nitrogens with zero attached hydrogens (tertiary/aromatic N) is 2. The predicted molar refractivity (Wildman–Crippen MR) is 66.2 cm³/mol. The highest BCUT2D eigenvalue weighted by Gasteiger charge is 2.40. The molecule has 1 aliphatic rings. The summed E-state index contributed by atoms with van der Waals surface area (Å²) in [6.07, 6.45) is 6.38. The van der Waals surface area contributed by atoms with Gasteiger partial charge in [0, 0.05) is 24.5 Å². The number of rotatable bonds is 3. The van der Waals surface area contributed by atoms with Gasteiger partial charge < -0.3 is 9.67 Å². The molecule has 0 spiro atoms. The van der Waals surface area contributed by atoms with Gasteiger partial charge in [0.1, 0.15) is 5.82 Å². The van der Waals surface area contributed by atoms with Crippen LogP contribution in [0.15, 0.2) is 36.7 Å². The van der Waals surface area contributed by atoms with E-state index in [9.17, 15) is 5.11 Å². The first-order valence-corrected chi connectivity index (χ1v) is 5.98. The maximum atomic E-state index is 9.94. The highest BCUT2D eigenvalue weighted by Crippen LogP contribution is 2.38. The van der Waals surface area contributed by atoms with Crippen molar-refractivity contribution in [2.24, 2.45) is 0 Å². The smallest absolute Gasteiger partial charge is 0.110 e. The van der Waals surface area contributed by atoms with Crippen molar-refractivity contribution in [1.82, 2.24) is 9.55 Å². The SMILES string of the molecule is Cc1nccn1-c1cccc(CC2(O)CC2)c1. The third-order valence-electron chi connectivity index (χ3n) is 3.37. The quantitative estimate of drug-likeness (QED) is 0.875. The third-order valence-corrected chi connectivity index (χ3v) is 3.37. The first-order valence-electron chi connectivity index (χ1n) is 5.98. The van der Waals surface area contributed by atoms with Crippen LogP contribution >= 0.6 is 0 Å². The molecular weight excluding hydrogens is 212 g/mol. The van der Waals surface area contributed by atoms with Gasteiger partial charge in [-0.05, 0) is 37.5 Å². The molecule has 88 valence electrons. The van der Waals surface area contributed by atoms with Crippen molar-refractivity contribution in [2.45, 2.75) is 31.8 Å². The van der Waals surface area contributed by atoms with Crippen LogP contribution in [0.1, 0.15) is 24.2 Å². The van der Waals surface area contributed by atoms with Gasteiger partial charge in [0.15, 0.2) is 0 Å². The minimum atomic E-state index is -0.428. The third kappa shape index (κ3) is 2.11. The van der Waals surface area contributed by atoms with Crippen molar-refractivity contribution in [1.29, 1.82) is 0 Å². The Morgan fingerprint density at radius 1 is 1.41 bits per heavy atom. The van der Waals surface area contributed by atoms with Crippen LogP contribution in [0.4, 0.5) is 0 Å². The fourth-order valence-electron chi connectivity index (χ4n) is 2.17. The monoisotopic (exact) mass is 228 g/mol. The molecule has 0 aliphatic heterocycles. The number of hydrogen-bond donors (Lipinski definition) is 1. The van der Waals surface area contributed by atoms with Crippen molar-refractivity contribution in [2.75, 3.05) is 0 Å². The maximum absolute atomic E-state index is 9.94. The Labute approximate surface area is 101 Å². The average molecular weight is 228 g/mol. The van der Waals surface area contributed by atoms with Gasteiger partial charge in [0.25, 0.3) is 0 Å². The molecule has 2 aromatic rings. The topological polar surface area (TPSA) is 38.0 Å². The van der Waals surface area contributed by atoms with Gasteiger partial charge >= 0.3 is 0 Å². The van der Waals surface area contributed by atoms with E-state index in [1.54, 1.807) is 6.20 Å². The number of benzene rings is 1. The molecule has 1 fully saturated rings. The number of aryl methyl sites for hydroxylation is 1. The van der Waals surface area contributed by atoms with E-state index in [4.69, 9.17) is 0 Å². The van der Waals surface area contributed by atoms with Crippen LogP contribution in [-0.2, 0) is 6.42 Å². The summed E-state index contributed by atoms with van der Waals surface area (Å²) in [5, 5.41) is 9.94. The molecule has 0 atom stereocenters. The predicted octanol–water partition coefficient (Wildman–Crippen LogP) is 2.25. The molecule has 1 saturated carbocycles. The van der Waals surface area contributed by atoms with Crippen LogP contribution in [0.25, 0.3) is 5.69 Å². The number of hydrogen-bond acceptors (Lipinski definition) is 2. The van der Waals surface area contributed by atoms with Crippen molar-refractivity contribution in [3.63, 3.8) is 0 Å². The fourth-order valence-corrected chi connectivity index (χ4v) is 2.17. The largest absolute Gasteiger partial charge is 0.390 e. The van der Waals surface area contributed by atoms with Crippen molar-refractivity contribution in [3.05, 3.63) is 48.0 Å². The zero-order valence-electron chi connectivity index (χ0n) is 9.93. The molecule has 3 heteroatoms. The van der Waals surface area contributed by atoms with Crippen LogP contribution < -0.4 is 0 Å². The van der Waals surface area contributed by atoms with E-state index < -0.39 is 5.60 Å². The Morgan fingerprint density at radius 2 is 2.24 bits per heavy atom. The van der Waals surface area contributed by atoms with Gasteiger partial charge in [-0.25, -0.2) is 4.98 Å². The zero-order chi connectivity index (χ0) is 11.9. The Bertz CT molecular complexity index is 541. The van der Waals surface area contributed by atoms with Crippen LogP contribution in [0.3, 0.4) is 0 Å². The van der Waals surface area contributed by atoms with E-state index in [2.05, 4.69) is 27.8 Å². The van der Waals surface area contributed by atoms with Gasteiger partial charge in [-0.2, -0.15) is 0 Å². The standard InChI is InChI=1S/C14H16N2O/c1-11-15-7-8-16(11)13-4-2-3-12(9-13)10-14(17)5-6-14/h2-4,7-9,17H,5-6,10H2,1H3. The molecule has 0 bridgehead atoms. The lowest BCUT2D eigenvalue weighted by Crippen LogP contribution is -2.10. The number of imidazole rings is 1. The molecule has 0 radical (unpaired) electrons. The Hall–Kier alpha value is -1.61. The van der Waals surface area contributed by atoms with E-state index in [-0.39, 0.29) is 0 Å². The summed E-state index contributed by atoms with van der Waals surface area (Å²) in [6.45, 7) is 1.99. The van der Waals surface area contributed by atoms with Crippen LogP contribution in [-0.4, -0.2) is 20.3 Å². The molecule has 1 aromatic carbocycles. The van der Waals surface area contributed by atoms with Crippen LogP contribution in [0.2, 0.25) is 0 Å². The summed E-state index contributed by atoms with van der Waals surface area (Å²) in [6, 6.07) is 8.31. The van der Waals surface area contributed by atoms with E-state index in [1.807, 2.05) is 19.2 Å². The molecule has 1 aromatic heterocycles. The van der Waals surface area contributed by atoms with Gasteiger partial charge in [0.05, 0.1) is 5.60 Å². The highest BCUT2D eigenvalue weighted by atomic mass is 16.3. The molecule has 1 heterocycles. The number of aliphatic hydroxyl groups is 1. The molecule has 3 nitrogen and oxygen atoms in total. The first-order chi connectivity index (χ1) is 8.16. The van der Waals surface area contributed by atoms with Crippen molar-refractivity contribution < 1.29 is 5.11 Å². The second kappa shape index (κ2) is 3.70. The van der Waals surface area contributed by atoms with Gasteiger partial charge in [-0.15, -0.1) is 0 Å². The van der Waals surface area contributed by atoms with Crippen LogP contribution in [0, 0.1) is 6.92 Å². The average Bonchev–Trinajstić information content (AvgIpc) is 2.87. The van der Waals surface area contributed by atoms with Crippen molar-refractivity contribution >= 4 is 0 Å². The second-order valence-electron chi connectivity index (χ2n) is 4.92. The Balaban J connectivity index is 1.91. The molecule has 0 unspecified atom stereocenters. The van der Waals surface area contributed by atoms with Gasteiger partial charge in [-0.3, -0.25) is 0 Å². The van der Waals surface area contributed by atoms with Crippen LogP contribution in [0.5, 0.6) is 0 Å². The van der Waals surface area contributed by atoms with E-state index in [0.29, 0.717) is 0 Å². The van der Waals surface area contributed by atoms with Crippen molar-refractivity contribution in [3.8, 4) is 5.69 Å². The minimum Gasteiger partial charge on any atom is -0.390 e. The maximum Gasteiger partial charge on any atom is 0.110 e. The fraction of sp³-hybridized carbons (Fsp3) is 0.357. The minimum absolute atomic E-state index is 0.428. The second-order valence-corrected chi connectivity index (χ2v) is 4.92. The molecule has 1 N–H and O–H groups in total. The Morgan fingerprint density at radius 3 is 2.88 bits per heavy atom. The lowest BCUT2D eigenvalue weighted by Gasteiger charge is -2.10. The Kier molecular flexibility index (Phi) is 2.30. The summed E-state index contributed by atoms with van der Waals surface area (Å²) in [5.74, 6) is 0.979. The summed E-state index contributed by atoms with van der Waals surface area (Å²) >= 11 is 0. The molecule has 0 amide bonds. The summed E-state index contributed by atoms with van der Waals surface area (Å²) in [5.41, 5.74) is 1.88. The lowest BCUT2D eigenvalue weighted by molar-refractivity contribution is 0.151. The summed E-state index contributed by atoms with van der Waals surface area (Å²) in [7, 11) is 0.